The normalized spacial score (nSPS) is 13.6. The smallest absolute Gasteiger partial charge is 0.257 e. The quantitative estimate of drug-likeness (QED) is 0.871. The second-order valence-corrected chi connectivity index (χ2v) is 4.89. The van der Waals surface area contributed by atoms with Gasteiger partial charge in [-0.05, 0) is 18.1 Å². The van der Waals surface area contributed by atoms with Gasteiger partial charge in [-0.2, -0.15) is 0 Å². The number of hydrogen-bond acceptors (Lipinski definition) is 3. The molecular weight excluding hydrogens is 277 g/mol. The van der Waals surface area contributed by atoms with Crippen molar-refractivity contribution < 1.29 is 14.3 Å². The fraction of sp³-hybridized carbons (Fsp3) is 0.417. The van der Waals surface area contributed by atoms with E-state index in [1.165, 1.54) is 0 Å². The van der Waals surface area contributed by atoms with Crippen molar-refractivity contribution >= 4 is 34.8 Å². The average molecular weight is 290 g/mol. The summed E-state index contributed by atoms with van der Waals surface area (Å²) in [5, 5.41) is 2.67. The number of hydrogen-bond donors (Lipinski definition) is 1. The number of alkyl halides is 2. The number of ether oxygens (including phenoxy) is 2. The van der Waals surface area contributed by atoms with Gasteiger partial charge in [0.05, 0.1) is 0 Å². The summed E-state index contributed by atoms with van der Waals surface area (Å²) in [6.45, 7) is 3.02. The highest BCUT2D eigenvalue weighted by atomic mass is 35.5. The predicted octanol–water partition coefficient (Wildman–Crippen LogP) is 2.76. The summed E-state index contributed by atoms with van der Waals surface area (Å²) in [5.74, 6) is 0.864. The molecule has 0 aromatic heterocycles. The van der Waals surface area contributed by atoms with E-state index in [4.69, 9.17) is 32.7 Å². The second-order valence-electron chi connectivity index (χ2n) is 3.80. The number of anilines is 1. The number of amides is 1. The van der Waals surface area contributed by atoms with Crippen molar-refractivity contribution in [3.8, 4) is 11.5 Å². The second kappa shape index (κ2) is 5.67. The first-order valence-corrected chi connectivity index (χ1v) is 6.50. The van der Waals surface area contributed by atoms with Crippen LogP contribution in [0.3, 0.4) is 0 Å². The van der Waals surface area contributed by atoms with E-state index in [0.29, 0.717) is 30.4 Å². The van der Waals surface area contributed by atoms with Crippen LogP contribution in [0, 0.1) is 0 Å². The highest BCUT2D eigenvalue weighted by Gasteiger charge is 2.18. The van der Waals surface area contributed by atoms with Crippen LogP contribution in [-0.4, -0.2) is 24.0 Å². The van der Waals surface area contributed by atoms with Crippen molar-refractivity contribution in [3.05, 3.63) is 17.7 Å². The summed E-state index contributed by atoms with van der Waals surface area (Å²) in [7, 11) is 0. The molecule has 1 aromatic rings. The molecular formula is C12H13Cl2NO3. The van der Waals surface area contributed by atoms with Gasteiger partial charge in [-0.25, -0.2) is 0 Å². The van der Waals surface area contributed by atoms with Crippen molar-refractivity contribution in [2.24, 2.45) is 0 Å². The third-order valence-corrected chi connectivity index (χ3v) is 3.00. The maximum Gasteiger partial charge on any atom is 0.257 e. The Balaban J connectivity index is 2.30. The third-order valence-electron chi connectivity index (χ3n) is 2.60. The maximum atomic E-state index is 11.5. The number of carbonyl (C=O) groups is 1. The molecule has 0 unspecified atom stereocenters. The molecule has 0 saturated heterocycles. The zero-order valence-electron chi connectivity index (χ0n) is 9.83. The first-order valence-electron chi connectivity index (χ1n) is 5.63. The first-order chi connectivity index (χ1) is 8.61. The summed E-state index contributed by atoms with van der Waals surface area (Å²) >= 11 is 11.0. The Labute approximate surface area is 115 Å². The molecule has 0 radical (unpaired) electrons. The Morgan fingerprint density at radius 3 is 2.50 bits per heavy atom. The molecule has 0 atom stereocenters. The molecule has 1 aliphatic rings. The van der Waals surface area contributed by atoms with Crippen LogP contribution in [0.2, 0.25) is 0 Å². The van der Waals surface area contributed by atoms with Gasteiger partial charge < -0.3 is 14.8 Å². The molecule has 0 aliphatic carbocycles. The van der Waals surface area contributed by atoms with Crippen LogP contribution in [0.1, 0.15) is 12.5 Å². The van der Waals surface area contributed by atoms with E-state index in [2.05, 4.69) is 5.32 Å². The van der Waals surface area contributed by atoms with Crippen molar-refractivity contribution in [2.75, 3.05) is 18.5 Å². The molecule has 6 heteroatoms. The number of benzene rings is 1. The number of halogens is 2. The molecule has 18 heavy (non-hydrogen) atoms. The summed E-state index contributed by atoms with van der Waals surface area (Å²) in [5.41, 5.74) is 1.60. The molecule has 1 aromatic carbocycles. The van der Waals surface area contributed by atoms with Gasteiger partial charge >= 0.3 is 0 Å². The van der Waals surface area contributed by atoms with E-state index in [-0.39, 0.29) is 0 Å². The minimum Gasteiger partial charge on any atom is -0.486 e. The van der Waals surface area contributed by atoms with Crippen molar-refractivity contribution in [1.29, 1.82) is 0 Å². The molecule has 0 bridgehead atoms. The van der Waals surface area contributed by atoms with Crippen LogP contribution in [0.5, 0.6) is 11.5 Å². The van der Waals surface area contributed by atoms with Gasteiger partial charge in [-0.3, -0.25) is 4.79 Å². The minimum atomic E-state index is -1.09. The van der Waals surface area contributed by atoms with Crippen molar-refractivity contribution in [2.45, 2.75) is 18.2 Å². The molecule has 1 amide bonds. The van der Waals surface area contributed by atoms with Gasteiger partial charge in [0.25, 0.3) is 5.91 Å². The number of carbonyl (C=O) groups excluding carboxylic acids is 1. The van der Waals surface area contributed by atoms with E-state index < -0.39 is 10.7 Å². The van der Waals surface area contributed by atoms with Gasteiger partial charge in [0, 0.05) is 11.8 Å². The molecule has 4 nitrogen and oxygen atoms in total. The molecule has 1 aliphatic heterocycles. The lowest BCUT2D eigenvalue weighted by Gasteiger charge is -2.21. The third kappa shape index (κ3) is 2.82. The summed E-state index contributed by atoms with van der Waals surface area (Å²) < 4.78 is 10.9. The topological polar surface area (TPSA) is 47.6 Å². The minimum absolute atomic E-state index is 0.454. The summed E-state index contributed by atoms with van der Waals surface area (Å²) in [4.78, 5) is 10.4. The summed E-state index contributed by atoms with van der Waals surface area (Å²) in [6.07, 6.45) is 0.751. The number of fused-ring (bicyclic) bond motifs is 1. The molecule has 1 N–H and O–H groups in total. The monoisotopic (exact) mass is 289 g/mol. The Hall–Kier alpha value is -1.13. The Kier molecular flexibility index (Phi) is 4.19. The van der Waals surface area contributed by atoms with Crippen LogP contribution < -0.4 is 14.8 Å². The molecule has 0 saturated carbocycles. The van der Waals surface area contributed by atoms with Gasteiger partial charge in [-0.1, -0.05) is 30.1 Å². The van der Waals surface area contributed by atoms with Gasteiger partial charge in [0.1, 0.15) is 13.2 Å². The van der Waals surface area contributed by atoms with E-state index in [0.717, 1.165) is 12.0 Å². The zero-order valence-corrected chi connectivity index (χ0v) is 11.3. The Bertz CT molecular complexity index is 463. The van der Waals surface area contributed by atoms with Crippen molar-refractivity contribution in [1.82, 2.24) is 0 Å². The predicted molar refractivity (Wildman–Crippen MR) is 70.9 cm³/mol. The largest absolute Gasteiger partial charge is 0.486 e. The van der Waals surface area contributed by atoms with Gasteiger partial charge in [0.15, 0.2) is 16.3 Å². The van der Waals surface area contributed by atoms with Crippen molar-refractivity contribution in [3.63, 3.8) is 0 Å². The van der Waals surface area contributed by atoms with Crippen LogP contribution in [0.25, 0.3) is 0 Å². The molecule has 0 spiro atoms. The molecule has 1 heterocycles. The average Bonchev–Trinajstić information content (AvgIpc) is 2.37. The fourth-order valence-electron chi connectivity index (χ4n) is 1.73. The SMILES string of the molecule is CCc1cc2c(cc1NC(=O)C(Cl)Cl)OCCO2. The lowest BCUT2D eigenvalue weighted by atomic mass is 10.1. The standard InChI is InChI=1S/C12H13Cl2NO3/c1-2-7-5-9-10(18-4-3-17-9)6-8(7)15-12(16)11(13)14/h5-6,11H,2-4H2,1H3,(H,15,16). The van der Waals surface area contributed by atoms with Crippen LogP contribution >= 0.6 is 23.2 Å². The Morgan fingerprint density at radius 1 is 1.33 bits per heavy atom. The molecule has 2 rings (SSSR count). The van der Waals surface area contributed by atoms with Gasteiger partial charge in [-0.15, -0.1) is 0 Å². The maximum absolute atomic E-state index is 11.5. The van der Waals surface area contributed by atoms with Crippen LogP contribution in [0.15, 0.2) is 12.1 Å². The Morgan fingerprint density at radius 2 is 1.94 bits per heavy atom. The molecule has 0 fully saturated rings. The summed E-state index contributed by atoms with van der Waals surface area (Å²) in [6, 6.07) is 3.60. The number of nitrogens with one attached hydrogen (secondary N) is 1. The first kappa shape index (κ1) is 13.3. The van der Waals surface area contributed by atoms with Crippen LogP contribution in [0.4, 0.5) is 5.69 Å². The van der Waals surface area contributed by atoms with E-state index in [1.807, 2.05) is 13.0 Å². The zero-order chi connectivity index (χ0) is 13.1. The number of aryl methyl sites for hydroxylation is 1. The van der Waals surface area contributed by atoms with Gasteiger partial charge in [0.2, 0.25) is 0 Å². The lowest BCUT2D eigenvalue weighted by Crippen LogP contribution is -2.20. The highest BCUT2D eigenvalue weighted by molar-refractivity contribution is 6.54. The van der Waals surface area contributed by atoms with E-state index >= 15 is 0 Å². The van der Waals surface area contributed by atoms with Crippen LogP contribution in [-0.2, 0) is 11.2 Å². The number of rotatable bonds is 3. The fourth-order valence-corrected chi connectivity index (χ4v) is 1.84. The lowest BCUT2D eigenvalue weighted by molar-refractivity contribution is -0.114. The highest BCUT2D eigenvalue weighted by Crippen LogP contribution is 2.36. The van der Waals surface area contributed by atoms with E-state index in [1.54, 1.807) is 6.07 Å². The molecule has 98 valence electrons. The van der Waals surface area contributed by atoms with E-state index in [9.17, 15) is 4.79 Å².